The summed E-state index contributed by atoms with van der Waals surface area (Å²) in [5, 5.41) is 9.00. The predicted octanol–water partition coefficient (Wildman–Crippen LogP) is 3.68. The smallest absolute Gasteiger partial charge is 0.244 e. The van der Waals surface area contributed by atoms with Crippen LogP contribution in [0.25, 0.3) is 0 Å². The van der Waals surface area contributed by atoms with Crippen molar-refractivity contribution in [1.29, 1.82) is 5.26 Å². The lowest BCUT2D eigenvalue weighted by Crippen LogP contribution is -2.44. The molecular weight excluding hydrogens is 360 g/mol. The first-order valence-electron chi connectivity index (χ1n) is 10.5. The molecule has 1 aliphatic heterocycles. The highest BCUT2D eigenvalue weighted by molar-refractivity contribution is 5.83. The zero-order valence-electron chi connectivity index (χ0n) is 17.4. The summed E-state index contributed by atoms with van der Waals surface area (Å²) in [4.78, 5) is 20.1. The van der Waals surface area contributed by atoms with Gasteiger partial charge in [-0.25, -0.2) is 0 Å². The number of nitrogens with zero attached hydrogens (tertiary/aromatic N) is 4. The highest BCUT2D eigenvalue weighted by atomic mass is 16.2. The second-order valence-corrected chi connectivity index (χ2v) is 7.36. The summed E-state index contributed by atoms with van der Waals surface area (Å²) in [5.74, 6) is 0.196. The number of carbonyl (C=O) groups is 1. The Morgan fingerprint density at radius 1 is 1.00 bits per heavy atom. The van der Waals surface area contributed by atoms with E-state index in [4.69, 9.17) is 5.26 Å². The van der Waals surface area contributed by atoms with Crippen molar-refractivity contribution in [3.05, 3.63) is 65.7 Å². The molecule has 1 fully saturated rings. The van der Waals surface area contributed by atoms with Crippen LogP contribution in [0.4, 0.5) is 5.69 Å². The molecule has 29 heavy (non-hydrogen) atoms. The van der Waals surface area contributed by atoms with Crippen LogP contribution in [0.1, 0.15) is 37.4 Å². The second kappa shape index (κ2) is 10.1. The first kappa shape index (κ1) is 20.9. The molecule has 0 bridgehead atoms. The minimum absolute atomic E-state index is 0.196. The van der Waals surface area contributed by atoms with Crippen LogP contribution in [0, 0.1) is 11.3 Å². The molecule has 1 heterocycles. The maximum absolute atomic E-state index is 13.6. The molecule has 2 aromatic rings. The van der Waals surface area contributed by atoms with E-state index in [1.807, 2.05) is 47.4 Å². The van der Waals surface area contributed by atoms with E-state index in [2.05, 4.69) is 41.8 Å². The van der Waals surface area contributed by atoms with Crippen molar-refractivity contribution in [2.24, 2.45) is 0 Å². The summed E-state index contributed by atoms with van der Waals surface area (Å²) in [6.45, 7) is 9.11. The number of likely N-dealkylation sites (N-methyl/N-ethyl adjacent to an activating group) is 1. The summed E-state index contributed by atoms with van der Waals surface area (Å²) >= 11 is 0. The number of benzene rings is 2. The summed E-state index contributed by atoms with van der Waals surface area (Å²) < 4.78 is 0. The van der Waals surface area contributed by atoms with Crippen LogP contribution in [0.3, 0.4) is 0 Å². The van der Waals surface area contributed by atoms with Gasteiger partial charge in [-0.1, -0.05) is 44.2 Å². The monoisotopic (exact) mass is 390 g/mol. The maximum atomic E-state index is 13.6. The minimum atomic E-state index is -0.229. The highest BCUT2D eigenvalue weighted by Gasteiger charge is 2.31. The van der Waals surface area contributed by atoms with Gasteiger partial charge in [0.25, 0.3) is 0 Å². The fourth-order valence-electron chi connectivity index (χ4n) is 4.05. The van der Waals surface area contributed by atoms with E-state index in [-0.39, 0.29) is 11.9 Å². The second-order valence-electron chi connectivity index (χ2n) is 7.36. The third kappa shape index (κ3) is 4.96. The van der Waals surface area contributed by atoms with E-state index < -0.39 is 0 Å². The van der Waals surface area contributed by atoms with Gasteiger partial charge in [0.2, 0.25) is 5.91 Å². The SMILES string of the molecule is CCN(CC)C(C(=O)N1CCCN(c2ccc(C#N)cc2)CC1)c1ccccc1. The van der Waals surface area contributed by atoms with Gasteiger partial charge in [-0.3, -0.25) is 9.69 Å². The van der Waals surface area contributed by atoms with Crippen molar-refractivity contribution in [3.8, 4) is 6.07 Å². The number of carbonyl (C=O) groups excluding carboxylic acids is 1. The quantitative estimate of drug-likeness (QED) is 0.755. The van der Waals surface area contributed by atoms with Crippen LogP contribution in [-0.2, 0) is 4.79 Å². The molecule has 1 aliphatic rings. The lowest BCUT2D eigenvalue weighted by Gasteiger charge is -2.33. The summed E-state index contributed by atoms with van der Waals surface area (Å²) in [6.07, 6.45) is 0.936. The lowest BCUT2D eigenvalue weighted by atomic mass is 10.0. The van der Waals surface area contributed by atoms with Crippen LogP contribution < -0.4 is 4.90 Å². The first-order chi connectivity index (χ1) is 14.2. The standard InChI is InChI=1S/C24H30N4O/c1-3-26(4-2)23(21-9-6-5-7-10-21)24(29)28-16-8-15-27(17-18-28)22-13-11-20(19-25)12-14-22/h5-7,9-14,23H,3-4,8,15-18H2,1-2H3. The third-order valence-electron chi connectivity index (χ3n) is 5.70. The van der Waals surface area contributed by atoms with Crippen LogP contribution in [0.5, 0.6) is 0 Å². The van der Waals surface area contributed by atoms with Gasteiger partial charge in [-0.05, 0) is 49.3 Å². The van der Waals surface area contributed by atoms with Gasteiger partial charge in [0, 0.05) is 31.9 Å². The largest absolute Gasteiger partial charge is 0.370 e. The van der Waals surface area contributed by atoms with Crippen LogP contribution in [-0.4, -0.2) is 55.0 Å². The molecular formula is C24H30N4O. The average molecular weight is 391 g/mol. The van der Waals surface area contributed by atoms with E-state index in [1.165, 1.54) is 0 Å². The van der Waals surface area contributed by atoms with E-state index in [0.29, 0.717) is 12.1 Å². The van der Waals surface area contributed by atoms with E-state index in [9.17, 15) is 4.79 Å². The molecule has 0 radical (unpaired) electrons. The first-order valence-corrected chi connectivity index (χ1v) is 10.5. The number of amides is 1. The molecule has 3 rings (SSSR count). The van der Waals surface area contributed by atoms with Gasteiger partial charge in [-0.15, -0.1) is 0 Å². The van der Waals surface area contributed by atoms with Crippen molar-refractivity contribution < 1.29 is 4.79 Å². The Morgan fingerprint density at radius 2 is 1.69 bits per heavy atom. The van der Waals surface area contributed by atoms with E-state index >= 15 is 0 Å². The molecule has 152 valence electrons. The molecule has 0 N–H and O–H groups in total. The molecule has 5 nitrogen and oxygen atoms in total. The molecule has 1 saturated heterocycles. The summed E-state index contributed by atoms with van der Waals surface area (Å²) in [6, 6.07) is 19.8. The number of hydrogen-bond donors (Lipinski definition) is 0. The number of anilines is 1. The van der Waals surface area contributed by atoms with Crippen molar-refractivity contribution in [2.45, 2.75) is 26.3 Å². The molecule has 2 aromatic carbocycles. The van der Waals surface area contributed by atoms with Crippen LogP contribution in [0.15, 0.2) is 54.6 Å². The summed E-state index contributed by atoms with van der Waals surface area (Å²) in [5.41, 5.74) is 2.85. The number of rotatable bonds is 6. The van der Waals surface area contributed by atoms with Crippen LogP contribution in [0.2, 0.25) is 0 Å². The minimum Gasteiger partial charge on any atom is -0.370 e. The Labute approximate surface area is 174 Å². The molecule has 0 spiro atoms. The molecule has 0 aromatic heterocycles. The topological polar surface area (TPSA) is 50.6 Å². The number of nitriles is 1. The highest BCUT2D eigenvalue weighted by Crippen LogP contribution is 2.25. The van der Waals surface area contributed by atoms with Crippen molar-refractivity contribution in [2.75, 3.05) is 44.2 Å². The van der Waals surface area contributed by atoms with Crippen molar-refractivity contribution in [1.82, 2.24) is 9.80 Å². The zero-order chi connectivity index (χ0) is 20.6. The average Bonchev–Trinajstić information content (AvgIpc) is 3.04. The third-order valence-corrected chi connectivity index (χ3v) is 5.70. The fourth-order valence-corrected chi connectivity index (χ4v) is 4.05. The van der Waals surface area contributed by atoms with E-state index in [0.717, 1.165) is 50.4 Å². The van der Waals surface area contributed by atoms with Gasteiger partial charge in [0.1, 0.15) is 6.04 Å². The Bertz CT molecular complexity index is 824. The van der Waals surface area contributed by atoms with Gasteiger partial charge < -0.3 is 9.80 Å². The van der Waals surface area contributed by atoms with Crippen molar-refractivity contribution >= 4 is 11.6 Å². The van der Waals surface area contributed by atoms with E-state index in [1.54, 1.807) is 0 Å². The predicted molar refractivity (Wildman–Crippen MR) is 117 cm³/mol. The lowest BCUT2D eigenvalue weighted by molar-refractivity contribution is -0.137. The van der Waals surface area contributed by atoms with Crippen molar-refractivity contribution in [3.63, 3.8) is 0 Å². The van der Waals surface area contributed by atoms with Gasteiger partial charge in [-0.2, -0.15) is 5.26 Å². The molecule has 1 amide bonds. The normalized spacial score (nSPS) is 15.7. The maximum Gasteiger partial charge on any atom is 0.244 e. The van der Waals surface area contributed by atoms with Gasteiger partial charge in [0.05, 0.1) is 11.6 Å². The van der Waals surface area contributed by atoms with Gasteiger partial charge in [0.15, 0.2) is 0 Å². The van der Waals surface area contributed by atoms with Gasteiger partial charge >= 0.3 is 0 Å². The Morgan fingerprint density at radius 3 is 2.31 bits per heavy atom. The Balaban J connectivity index is 1.74. The molecule has 0 saturated carbocycles. The zero-order valence-corrected chi connectivity index (χ0v) is 17.4. The number of hydrogen-bond acceptors (Lipinski definition) is 4. The Kier molecular flexibility index (Phi) is 7.26. The fraction of sp³-hybridized carbons (Fsp3) is 0.417. The molecule has 1 unspecified atom stereocenters. The molecule has 1 atom stereocenters. The van der Waals surface area contributed by atoms with Crippen LogP contribution >= 0.6 is 0 Å². The summed E-state index contributed by atoms with van der Waals surface area (Å²) in [7, 11) is 0. The Hall–Kier alpha value is -2.84. The molecule has 0 aliphatic carbocycles. The molecule has 5 heteroatoms.